The fourth-order valence-corrected chi connectivity index (χ4v) is 0.535. The zero-order chi connectivity index (χ0) is 9.56. The molecule has 5 nitrogen and oxygen atoms in total. The molecule has 0 aromatic rings. The van der Waals surface area contributed by atoms with Gasteiger partial charge in [0.2, 0.25) is 0 Å². The van der Waals surface area contributed by atoms with Crippen molar-refractivity contribution in [1.29, 1.82) is 0 Å². The van der Waals surface area contributed by atoms with Crippen LogP contribution in [-0.2, 0) is 4.79 Å². The number of amides is 2. The van der Waals surface area contributed by atoms with Crippen molar-refractivity contribution in [2.45, 2.75) is 0 Å². The molecule has 0 saturated carbocycles. The van der Waals surface area contributed by atoms with Crippen LogP contribution >= 0.6 is 15.9 Å². The van der Waals surface area contributed by atoms with E-state index >= 15 is 0 Å². The molecule has 0 aliphatic carbocycles. The van der Waals surface area contributed by atoms with E-state index in [4.69, 9.17) is 5.11 Å². The molecule has 3 N–H and O–H groups in total. The van der Waals surface area contributed by atoms with Crippen LogP contribution in [0.15, 0.2) is 11.1 Å². The van der Waals surface area contributed by atoms with Crippen LogP contribution in [0.3, 0.4) is 0 Å². The molecule has 0 saturated heterocycles. The molecule has 6 heteroatoms. The van der Waals surface area contributed by atoms with Gasteiger partial charge in [0.25, 0.3) is 0 Å². The summed E-state index contributed by atoms with van der Waals surface area (Å²) in [5, 5.41) is 12.7. The maximum Gasteiger partial charge on any atom is 0.323 e. The van der Waals surface area contributed by atoms with Gasteiger partial charge in [-0.15, -0.1) is 0 Å². The highest BCUT2D eigenvalue weighted by Crippen LogP contribution is 1.95. The standard InChI is InChI=1S/C6H9BrN2O3/c1-4(7)2-8-6(12)9-3-5(10)11/h1-3H2,(H,10,11)(H2,8,9,12). The van der Waals surface area contributed by atoms with Crippen LogP contribution in [0.4, 0.5) is 4.79 Å². The molecule has 0 spiro atoms. The summed E-state index contributed by atoms with van der Waals surface area (Å²) < 4.78 is 0.618. The Labute approximate surface area is 78.0 Å². The summed E-state index contributed by atoms with van der Waals surface area (Å²) in [6, 6.07) is -0.530. The van der Waals surface area contributed by atoms with Gasteiger partial charge in [-0.1, -0.05) is 22.5 Å². The average molecular weight is 237 g/mol. The second kappa shape index (κ2) is 5.59. The van der Waals surface area contributed by atoms with Crippen LogP contribution < -0.4 is 10.6 Å². The van der Waals surface area contributed by atoms with Crippen molar-refractivity contribution in [3.8, 4) is 0 Å². The second-order valence-corrected chi connectivity index (χ2v) is 3.07. The van der Waals surface area contributed by atoms with E-state index in [0.717, 1.165) is 0 Å². The van der Waals surface area contributed by atoms with Gasteiger partial charge in [0.1, 0.15) is 6.54 Å². The first-order valence-electron chi connectivity index (χ1n) is 3.09. The topological polar surface area (TPSA) is 78.4 Å². The van der Waals surface area contributed by atoms with E-state index in [1.54, 1.807) is 0 Å². The maximum atomic E-state index is 10.7. The summed E-state index contributed by atoms with van der Waals surface area (Å²) in [5.41, 5.74) is 0. The van der Waals surface area contributed by atoms with Gasteiger partial charge in [0.05, 0.1) is 6.54 Å². The first kappa shape index (κ1) is 11.0. The minimum atomic E-state index is -1.08. The number of hydrogen-bond acceptors (Lipinski definition) is 2. The Kier molecular flexibility index (Phi) is 5.11. The van der Waals surface area contributed by atoms with E-state index in [-0.39, 0.29) is 13.1 Å². The van der Waals surface area contributed by atoms with Gasteiger partial charge in [-0.3, -0.25) is 4.79 Å². The smallest absolute Gasteiger partial charge is 0.323 e. The summed E-state index contributed by atoms with van der Waals surface area (Å²) in [7, 11) is 0. The van der Waals surface area contributed by atoms with E-state index in [1.165, 1.54) is 0 Å². The lowest BCUT2D eigenvalue weighted by atomic mass is 10.6. The summed E-state index contributed by atoms with van der Waals surface area (Å²) in [6.07, 6.45) is 0. The molecule has 0 aliphatic rings. The van der Waals surface area contributed by atoms with Gasteiger partial charge in [-0.05, 0) is 0 Å². The van der Waals surface area contributed by atoms with Crippen molar-refractivity contribution in [1.82, 2.24) is 10.6 Å². The molecule has 0 aliphatic heterocycles. The fourth-order valence-electron chi connectivity index (χ4n) is 0.395. The van der Waals surface area contributed by atoms with Crippen molar-refractivity contribution in [3.63, 3.8) is 0 Å². The van der Waals surface area contributed by atoms with Crippen LogP contribution in [0.1, 0.15) is 0 Å². The summed E-state index contributed by atoms with van der Waals surface area (Å²) >= 11 is 3.03. The average Bonchev–Trinajstić information content (AvgIpc) is 1.96. The summed E-state index contributed by atoms with van der Waals surface area (Å²) in [4.78, 5) is 20.7. The minimum absolute atomic E-state index is 0.269. The molecular formula is C6H9BrN2O3. The highest BCUT2D eigenvalue weighted by molar-refractivity contribution is 9.11. The molecule has 0 rings (SSSR count). The number of nitrogens with one attached hydrogen (secondary N) is 2. The highest BCUT2D eigenvalue weighted by atomic mass is 79.9. The summed E-state index contributed by atoms with van der Waals surface area (Å²) in [6.45, 7) is 3.36. The first-order valence-corrected chi connectivity index (χ1v) is 3.88. The van der Waals surface area contributed by atoms with Crippen molar-refractivity contribution in [2.75, 3.05) is 13.1 Å². The quantitative estimate of drug-likeness (QED) is 0.657. The van der Waals surface area contributed by atoms with Crippen molar-refractivity contribution < 1.29 is 14.7 Å². The van der Waals surface area contributed by atoms with Gasteiger partial charge in [0.15, 0.2) is 0 Å². The number of rotatable bonds is 4. The van der Waals surface area contributed by atoms with E-state index in [1.807, 2.05) is 0 Å². The number of carbonyl (C=O) groups excluding carboxylic acids is 1. The van der Waals surface area contributed by atoms with Crippen molar-refractivity contribution in [3.05, 3.63) is 11.1 Å². The van der Waals surface area contributed by atoms with Crippen LogP contribution in [-0.4, -0.2) is 30.2 Å². The first-order chi connectivity index (χ1) is 5.52. The van der Waals surface area contributed by atoms with E-state index in [2.05, 4.69) is 33.1 Å². The Morgan fingerprint density at radius 2 is 1.83 bits per heavy atom. The molecule has 0 heterocycles. The number of carboxylic acids is 1. The SMILES string of the molecule is C=C(Br)CNC(=O)NCC(=O)O. The van der Waals surface area contributed by atoms with Gasteiger partial charge in [-0.2, -0.15) is 0 Å². The lowest BCUT2D eigenvalue weighted by molar-refractivity contribution is -0.135. The van der Waals surface area contributed by atoms with Crippen molar-refractivity contribution in [2.24, 2.45) is 0 Å². The molecule has 2 amide bonds. The van der Waals surface area contributed by atoms with Gasteiger partial charge in [0, 0.05) is 4.48 Å². The van der Waals surface area contributed by atoms with Crippen LogP contribution in [0.2, 0.25) is 0 Å². The minimum Gasteiger partial charge on any atom is -0.480 e. The maximum absolute atomic E-state index is 10.7. The number of carbonyl (C=O) groups is 2. The van der Waals surface area contributed by atoms with Crippen molar-refractivity contribution >= 4 is 27.9 Å². The molecule has 0 fully saturated rings. The predicted molar refractivity (Wildman–Crippen MR) is 47.1 cm³/mol. The van der Waals surface area contributed by atoms with Crippen LogP contribution in [0.25, 0.3) is 0 Å². The lowest BCUT2D eigenvalue weighted by Gasteiger charge is -2.03. The monoisotopic (exact) mass is 236 g/mol. The molecule has 12 heavy (non-hydrogen) atoms. The third-order valence-corrected chi connectivity index (χ3v) is 1.12. The normalized spacial score (nSPS) is 8.75. The zero-order valence-electron chi connectivity index (χ0n) is 6.26. The third-order valence-electron chi connectivity index (χ3n) is 0.841. The Morgan fingerprint density at radius 3 is 2.25 bits per heavy atom. The largest absolute Gasteiger partial charge is 0.480 e. The zero-order valence-corrected chi connectivity index (χ0v) is 7.85. The number of urea groups is 1. The molecular weight excluding hydrogens is 228 g/mol. The number of hydrogen-bond donors (Lipinski definition) is 3. The van der Waals surface area contributed by atoms with E-state index in [9.17, 15) is 9.59 Å². The predicted octanol–water partition coefficient (Wildman–Crippen LogP) is 0.279. The highest BCUT2D eigenvalue weighted by Gasteiger charge is 2.01. The Balaban J connectivity index is 3.47. The Bertz CT molecular complexity index is 185. The molecule has 0 aromatic heterocycles. The van der Waals surface area contributed by atoms with E-state index < -0.39 is 12.0 Å². The van der Waals surface area contributed by atoms with Gasteiger partial charge in [-0.25, -0.2) is 4.79 Å². The Hall–Kier alpha value is -1.04. The molecule has 0 bridgehead atoms. The molecule has 0 atom stereocenters. The number of halogens is 1. The van der Waals surface area contributed by atoms with E-state index in [0.29, 0.717) is 4.48 Å². The van der Waals surface area contributed by atoms with Crippen LogP contribution in [0.5, 0.6) is 0 Å². The fraction of sp³-hybridized carbons (Fsp3) is 0.333. The molecule has 0 radical (unpaired) electrons. The number of carboxylic acid groups (broad SMARTS) is 1. The summed E-state index contributed by atoms with van der Waals surface area (Å²) in [5.74, 6) is -1.08. The Morgan fingerprint density at radius 1 is 1.33 bits per heavy atom. The molecule has 68 valence electrons. The number of aliphatic carboxylic acids is 1. The van der Waals surface area contributed by atoms with Gasteiger partial charge < -0.3 is 15.7 Å². The second-order valence-electron chi connectivity index (χ2n) is 1.95. The third kappa shape index (κ3) is 7.07. The van der Waals surface area contributed by atoms with Gasteiger partial charge >= 0.3 is 12.0 Å². The lowest BCUT2D eigenvalue weighted by Crippen LogP contribution is -2.38. The molecule has 0 aromatic carbocycles. The molecule has 0 unspecified atom stereocenters. The van der Waals surface area contributed by atoms with Crippen LogP contribution in [0, 0.1) is 0 Å².